The van der Waals surface area contributed by atoms with Crippen LogP contribution in [0.4, 0.5) is 5.69 Å². The lowest BCUT2D eigenvalue weighted by molar-refractivity contribution is -0.149. The van der Waals surface area contributed by atoms with Crippen LogP contribution < -0.4 is 10.1 Å². The number of aromatic nitrogens is 1. The lowest BCUT2D eigenvalue weighted by atomic mass is 10.2. The van der Waals surface area contributed by atoms with Gasteiger partial charge in [0.15, 0.2) is 19.0 Å². The summed E-state index contributed by atoms with van der Waals surface area (Å²) in [5.41, 5.74) is 2.55. The van der Waals surface area contributed by atoms with Crippen molar-refractivity contribution in [2.75, 3.05) is 18.5 Å². The summed E-state index contributed by atoms with van der Waals surface area (Å²) in [5.74, 6) is -1.02. The molecule has 0 saturated carbocycles. The molecule has 0 aliphatic carbocycles. The average Bonchev–Trinajstić information content (AvgIpc) is 2.68. The number of benzene rings is 2. The van der Waals surface area contributed by atoms with Crippen molar-refractivity contribution in [1.82, 2.24) is 4.98 Å². The molecule has 0 radical (unpaired) electrons. The molecule has 0 unspecified atom stereocenters. The fraction of sp³-hybridized carbons (Fsp3) is 0.190. The van der Waals surface area contributed by atoms with Crippen molar-refractivity contribution < 1.29 is 19.1 Å². The van der Waals surface area contributed by atoms with Gasteiger partial charge in [0.05, 0.1) is 10.0 Å². The van der Waals surface area contributed by atoms with E-state index in [1.165, 1.54) is 6.07 Å². The fourth-order valence-electron chi connectivity index (χ4n) is 2.66. The van der Waals surface area contributed by atoms with E-state index >= 15 is 0 Å². The monoisotopic (exact) mass is 466 g/mol. The lowest BCUT2D eigenvalue weighted by Crippen LogP contribution is -2.24. The van der Waals surface area contributed by atoms with Crippen LogP contribution in [0, 0.1) is 13.8 Å². The Kier molecular flexibility index (Phi) is 7.02. The molecule has 3 aromatic rings. The summed E-state index contributed by atoms with van der Waals surface area (Å²) >= 11 is 18.3. The van der Waals surface area contributed by atoms with E-state index in [9.17, 15) is 9.59 Å². The summed E-state index contributed by atoms with van der Waals surface area (Å²) in [6, 6.07) is 10.2. The van der Waals surface area contributed by atoms with Gasteiger partial charge in [0.25, 0.3) is 5.91 Å². The highest BCUT2D eigenvalue weighted by Crippen LogP contribution is 2.37. The minimum atomic E-state index is -0.736. The highest BCUT2D eigenvalue weighted by molar-refractivity contribution is 6.39. The molecule has 1 amide bonds. The summed E-state index contributed by atoms with van der Waals surface area (Å²) in [6.07, 6.45) is 0. The molecule has 0 bridgehead atoms. The van der Waals surface area contributed by atoms with Crippen molar-refractivity contribution in [1.29, 1.82) is 0 Å². The molecular weight excluding hydrogens is 451 g/mol. The fourth-order valence-corrected chi connectivity index (χ4v) is 3.40. The van der Waals surface area contributed by atoms with Crippen molar-refractivity contribution in [3.63, 3.8) is 0 Å². The van der Waals surface area contributed by atoms with Gasteiger partial charge in [-0.15, -0.1) is 0 Å². The predicted molar refractivity (Wildman–Crippen MR) is 118 cm³/mol. The van der Waals surface area contributed by atoms with Gasteiger partial charge in [-0.05, 0) is 49.7 Å². The number of nitrogens with one attached hydrogen (secondary N) is 1. The second-order valence-electron chi connectivity index (χ2n) is 6.47. The van der Waals surface area contributed by atoms with E-state index in [0.717, 1.165) is 11.3 Å². The minimum Gasteiger partial charge on any atom is -0.478 e. The first kappa shape index (κ1) is 22.2. The molecule has 0 atom stereocenters. The molecule has 9 heteroatoms. The molecule has 0 aliphatic rings. The molecule has 156 valence electrons. The number of aryl methyl sites for hydroxylation is 2. The van der Waals surface area contributed by atoms with Gasteiger partial charge >= 0.3 is 5.97 Å². The quantitative estimate of drug-likeness (QED) is 0.493. The van der Waals surface area contributed by atoms with Gasteiger partial charge < -0.3 is 14.8 Å². The van der Waals surface area contributed by atoms with E-state index < -0.39 is 25.1 Å². The number of amides is 1. The zero-order valence-electron chi connectivity index (χ0n) is 16.1. The van der Waals surface area contributed by atoms with Crippen LogP contribution in [0.3, 0.4) is 0 Å². The zero-order valence-corrected chi connectivity index (χ0v) is 18.4. The van der Waals surface area contributed by atoms with Crippen molar-refractivity contribution >= 4 is 63.3 Å². The zero-order chi connectivity index (χ0) is 21.8. The first-order valence-corrected chi connectivity index (χ1v) is 9.98. The molecule has 0 fully saturated rings. The van der Waals surface area contributed by atoms with Crippen LogP contribution in [-0.2, 0) is 14.3 Å². The summed E-state index contributed by atoms with van der Waals surface area (Å²) < 4.78 is 10.5. The third kappa shape index (κ3) is 5.33. The number of carbonyl (C=O) groups is 2. The Labute approximate surface area is 188 Å². The number of halogens is 3. The first-order valence-electron chi connectivity index (χ1n) is 8.84. The van der Waals surface area contributed by atoms with Crippen molar-refractivity contribution in [3.8, 4) is 5.75 Å². The Morgan fingerprint density at radius 3 is 2.53 bits per heavy atom. The number of nitrogens with zero attached hydrogens (tertiary/aromatic N) is 1. The molecule has 0 aliphatic heterocycles. The van der Waals surface area contributed by atoms with Crippen LogP contribution >= 0.6 is 34.8 Å². The van der Waals surface area contributed by atoms with Crippen LogP contribution in [0.1, 0.15) is 11.3 Å². The predicted octanol–water partition coefficient (Wildman–Crippen LogP) is 5.37. The molecule has 6 nitrogen and oxygen atoms in total. The highest BCUT2D eigenvalue weighted by Gasteiger charge is 2.16. The molecule has 3 rings (SSSR count). The van der Waals surface area contributed by atoms with E-state index in [-0.39, 0.29) is 10.8 Å². The van der Waals surface area contributed by atoms with E-state index in [1.807, 2.05) is 13.8 Å². The maximum Gasteiger partial charge on any atom is 0.344 e. The molecular formula is C21H17Cl3N2O4. The molecule has 0 saturated heterocycles. The maximum absolute atomic E-state index is 12.0. The molecule has 2 aromatic carbocycles. The second-order valence-corrected chi connectivity index (χ2v) is 7.73. The number of pyridine rings is 1. The Morgan fingerprint density at radius 2 is 1.77 bits per heavy atom. The van der Waals surface area contributed by atoms with Gasteiger partial charge in [0.2, 0.25) is 0 Å². The van der Waals surface area contributed by atoms with Crippen molar-refractivity contribution in [3.05, 3.63) is 62.7 Å². The molecule has 1 heterocycles. The van der Waals surface area contributed by atoms with Gasteiger partial charge in [0.1, 0.15) is 5.52 Å². The molecule has 0 spiro atoms. The third-order valence-electron chi connectivity index (χ3n) is 4.15. The summed E-state index contributed by atoms with van der Waals surface area (Å²) in [7, 11) is 0. The van der Waals surface area contributed by atoms with Crippen LogP contribution in [0.15, 0.2) is 36.4 Å². The number of fused-ring (bicyclic) bond motifs is 1. The van der Waals surface area contributed by atoms with Gasteiger partial charge in [0, 0.05) is 21.8 Å². The van der Waals surface area contributed by atoms with Crippen molar-refractivity contribution in [2.45, 2.75) is 13.8 Å². The molecule has 1 aromatic heterocycles. The van der Waals surface area contributed by atoms with Crippen LogP contribution in [0.2, 0.25) is 15.1 Å². The van der Waals surface area contributed by atoms with Crippen LogP contribution in [-0.4, -0.2) is 30.1 Å². The molecule has 1 N–H and O–H groups in total. The van der Waals surface area contributed by atoms with Gasteiger partial charge in [-0.3, -0.25) is 4.79 Å². The van der Waals surface area contributed by atoms with Crippen LogP contribution in [0.5, 0.6) is 5.75 Å². The normalized spacial score (nSPS) is 10.7. The number of anilines is 1. The number of ether oxygens (including phenoxy) is 2. The first-order chi connectivity index (χ1) is 14.2. The minimum absolute atomic E-state index is 0.215. The topological polar surface area (TPSA) is 77.5 Å². The number of rotatable bonds is 6. The number of hydrogen-bond acceptors (Lipinski definition) is 5. The Morgan fingerprint density at radius 1 is 1.00 bits per heavy atom. The second kappa shape index (κ2) is 9.51. The Balaban J connectivity index is 1.60. The highest BCUT2D eigenvalue weighted by atomic mass is 35.5. The van der Waals surface area contributed by atoms with Crippen LogP contribution in [0.25, 0.3) is 10.9 Å². The number of hydrogen-bond donors (Lipinski definition) is 1. The largest absolute Gasteiger partial charge is 0.478 e. The van der Waals surface area contributed by atoms with E-state index in [0.29, 0.717) is 26.6 Å². The average molecular weight is 468 g/mol. The van der Waals surface area contributed by atoms with E-state index in [2.05, 4.69) is 10.3 Å². The molecule has 30 heavy (non-hydrogen) atoms. The van der Waals surface area contributed by atoms with E-state index in [1.54, 1.807) is 30.3 Å². The van der Waals surface area contributed by atoms with Gasteiger partial charge in [-0.25, -0.2) is 9.78 Å². The maximum atomic E-state index is 12.0. The smallest absolute Gasteiger partial charge is 0.344 e. The van der Waals surface area contributed by atoms with Gasteiger partial charge in [-0.1, -0.05) is 40.9 Å². The summed E-state index contributed by atoms with van der Waals surface area (Å²) in [4.78, 5) is 28.5. The lowest BCUT2D eigenvalue weighted by Gasteiger charge is -2.12. The summed E-state index contributed by atoms with van der Waals surface area (Å²) in [5, 5.41) is 4.40. The Bertz CT molecular complexity index is 1130. The standard InChI is InChI=1S/C21H17Cl3N2O4/c1-11-3-5-13(22)7-17(11)26-18(27)9-29-19(28)10-30-21-16(24)8-15(23)14-6-4-12(2)25-20(14)21/h3-8H,9-10H2,1-2H3,(H,26,27). The third-order valence-corrected chi connectivity index (χ3v) is 4.98. The summed E-state index contributed by atoms with van der Waals surface area (Å²) in [6.45, 7) is 2.71. The van der Waals surface area contributed by atoms with E-state index in [4.69, 9.17) is 44.3 Å². The number of carbonyl (C=O) groups excluding carboxylic acids is 2. The van der Waals surface area contributed by atoms with Crippen molar-refractivity contribution in [2.24, 2.45) is 0 Å². The van der Waals surface area contributed by atoms with Gasteiger partial charge in [-0.2, -0.15) is 0 Å². The Hall–Kier alpha value is -2.54. The SMILES string of the molecule is Cc1ccc2c(Cl)cc(Cl)c(OCC(=O)OCC(=O)Nc3cc(Cl)ccc3C)c2n1. The number of esters is 1.